The molecule has 0 aliphatic carbocycles. The van der Waals surface area contributed by atoms with Gasteiger partial charge in [-0.2, -0.15) is 0 Å². The summed E-state index contributed by atoms with van der Waals surface area (Å²) in [7, 11) is 1.70. The monoisotopic (exact) mass is 263 g/mol. The molecule has 106 valence electrons. The Morgan fingerprint density at radius 2 is 1.89 bits per heavy atom. The molecule has 1 saturated heterocycles. The van der Waals surface area contributed by atoms with E-state index in [2.05, 4.69) is 39.8 Å². The molecule has 0 aromatic heterocycles. The van der Waals surface area contributed by atoms with Gasteiger partial charge in [0.25, 0.3) is 0 Å². The van der Waals surface area contributed by atoms with E-state index in [0.29, 0.717) is 11.8 Å². The molecule has 5 atom stereocenters. The van der Waals surface area contributed by atoms with Crippen LogP contribution in [0, 0.1) is 18.8 Å². The number of benzene rings is 1. The summed E-state index contributed by atoms with van der Waals surface area (Å²) in [5.41, 5.74) is 8.82. The van der Waals surface area contributed by atoms with E-state index in [4.69, 9.17) is 15.2 Å². The lowest BCUT2D eigenvalue weighted by atomic mass is 9.80. The summed E-state index contributed by atoms with van der Waals surface area (Å²) >= 11 is 0. The van der Waals surface area contributed by atoms with Crippen LogP contribution in [-0.2, 0) is 4.74 Å². The van der Waals surface area contributed by atoms with Crippen molar-refractivity contribution < 1.29 is 9.47 Å². The van der Waals surface area contributed by atoms with Gasteiger partial charge in [0.1, 0.15) is 5.75 Å². The summed E-state index contributed by atoms with van der Waals surface area (Å²) < 4.78 is 11.4. The second-order valence-electron chi connectivity index (χ2n) is 5.75. The number of aryl methyl sites for hydroxylation is 1. The fraction of sp³-hybridized carbons (Fsp3) is 0.625. The molecule has 3 heteroatoms. The van der Waals surface area contributed by atoms with E-state index in [0.717, 1.165) is 11.3 Å². The van der Waals surface area contributed by atoms with Crippen LogP contribution in [-0.4, -0.2) is 19.3 Å². The molecule has 1 aliphatic rings. The lowest BCUT2D eigenvalue weighted by Gasteiger charge is -2.27. The third-order valence-electron chi connectivity index (χ3n) is 4.48. The first-order chi connectivity index (χ1) is 8.95. The van der Waals surface area contributed by atoms with Crippen molar-refractivity contribution in [1.29, 1.82) is 0 Å². The zero-order valence-corrected chi connectivity index (χ0v) is 12.5. The molecule has 0 amide bonds. The Labute approximate surface area is 116 Å². The number of rotatable bonds is 3. The van der Waals surface area contributed by atoms with Crippen molar-refractivity contribution in [3.63, 3.8) is 0 Å². The molecule has 1 aromatic carbocycles. The molecule has 1 heterocycles. The highest BCUT2D eigenvalue weighted by Gasteiger charge is 2.41. The molecule has 0 bridgehead atoms. The SMILES string of the molecule is COc1ccc(C)cc1C(N)C1C(C)OC(C)C1C. The topological polar surface area (TPSA) is 44.5 Å². The van der Waals surface area contributed by atoms with Crippen LogP contribution in [0.3, 0.4) is 0 Å². The number of ether oxygens (including phenoxy) is 2. The summed E-state index contributed by atoms with van der Waals surface area (Å²) in [5, 5.41) is 0. The highest BCUT2D eigenvalue weighted by molar-refractivity contribution is 5.39. The van der Waals surface area contributed by atoms with Crippen LogP contribution < -0.4 is 10.5 Å². The first-order valence-corrected chi connectivity index (χ1v) is 7.01. The van der Waals surface area contributed by atoms with Crippen LogP contribution >= 0.6 is 0 Å². The van der Waals surface area contributed by atoms with Gasteiger partial charge in [-0.15, -0.1) is 0 Å². The van der Waals surface area contributed by atoms with Crippen molar-refractivity contribution in [2.24, 2.45) is 17.6 Å². The van der Waals surface area contributed by atoms with Crippen LogP contribution in [0.15, 0.2) is 18.2 Å². The fourth-order valence-corrected chi connectivity index (χ4v) is 3.23. The van der Waals surface area contributed by atoms with Crippen molar-refractivity contribution >= 4 is 0 Å². The zero-order valence-electron chi connectivity index (χ0n) is 12.5. The highest BCUT2D eigenvalue weighted by atomic mass is 16.5. The van der Waals surface area contributed by atoms with Gasteiger partial charge in [0.15, 0.2) is 0 Å². The number of nitrogens with two attached hydrogens (primary N) is 1. The third kappa shape index (κ3) is 2.63. The van der Waals surface area contributed by atoms with Gasteiger partial charge in [0.05, 0.1) is 19.3 Å². The van der Waals surface area contributed by atoms with Crippen LogP contribution in [0.1, 0.15) is 37.9 Å². The quantitative estimate of drug-likeness (QED) is 0.911. The molecule has 1 aromatic rings. The summed E-state index contributed by atoms with van der Waals surface area (Å²) in [5.74, 6) is 1.65. The maximum atomic E-state index is 6.53. The van der Waals surface area contributed by atoms with E-state index >= 15 is 0 Å². The van der Waals surface area contributed by atoms with Gasteiger partial charge < -0.3 is 15.2 Å². The Morgan fingerprint density at radius 1 is 1.21 bits per heavy atom. The van der Waals surface area contributed by atoms with E-state index in [1.54, 1.807) is 7.11 Å². The highest BCUT2D eigenvalue weighted by Crippen LogP contribution is 2.41. The Morgan fingerprint density at radius 3 is 2.42 bits per heavy atom. The standard InChI is InChI=1S/C16H25NO2/c1-9-6-7-14(18-5)13(8-9)16(17)15-10(2)11(3)19-12(15)4/h6-8,10-12,15-16H,17H2,1-5H3. The Hall–Kier alpha value is -1.06. The molecule has 2 rings (SSSR count). The molecular weight excluding hydrogens is 238 g/mol. The number of methoxy groups -OCH3 is 1. The zero-order chi connectivity index (χ0) is 14.2. The van der Waals surface area contributed by atoms with E-state index in [1.165, 1.54) is 5.56 Å². The first kappa shape index (κ1) is 14.4. The maximum Gasteiger partial charge on any atom is 0.123 e. The minimum Gasteiger partial charge on any atom is -0.496 e. The van der Waals surface area contributed by atoms with Crippen LogP contribution in [0.4, 0.5) is 0 Å². The third-order valence-corrected chi connectivity index (χ3v) is 4.48. The van der Waals surface area contributed by atoms with Crippen molar-refractivity contribution in [3.8, 4) is 5.75 Å². The average Bonchev–Trinajstić information content (AvgIpc) is 2.62. The van der Waals surface area contributed by atoms with Gasteiger partial charge >= 0.3 is 0 Å². The van der Waals surface area contributed by atoms with E-state index < -0.39 is 0 Å². The van der Waals surface area contributed by atoms with E-state index in [1.807, 2.05) is 6.07 Å². The van der Waals surface area contributed by atoms with Crippen LogP contribution in [0.5, 0.6) is 5.75 Å². The molecule has 19 heavy (non-hydrogen) atoms. The number of hydrogen-bond acceptors (Lipinski definition) is 3. The van der Waals surface area contributed by atoms with Crippen molar-refractivity contribution in [2.45, 2.75) is 45.9 Å². The van der Waals surface area contributed by atoms with Crippen molar-refractivity contribution in [1.82, 2.24) is 0 Å². The van der Waals surface area contributed by atoms with Crippen molar-refractivity contribution in [3.05, 3.63) is 29.3 Å². The van der Waals surface area contributed by atoms with Gasteiger partial charge in [-0.05, 0) is 32.8 Å². The van der Waals surface area contributed by atoms with E-state index in [-0.39, 0.29) is 18.2 Å². The van der Waals surface area contributed by atoms with Crippen LogP contribution in [0.25, 0.3) is 0 Å². The summed E-state index contributed by atoms with van der Waals surface area (Å²) in [4.78, 5) is 0. The van der Waals surface area contributed by atoms with Crippen LogP contribution in [0.2, 0.25) is 0 Å². The molecule has 3 nitrogen and oxygen atoms in total. The van der Waals surface area contributed by atoms with Gasteiger partial charge in [0, 0.05) is 17.5 Å². The Bertz CT molecular complexity index is 446. The normalized spacial score (nSPS) is 32.3. The second kappa shape index (κ2) is 5.51. The summed E-state index contributed by atoms with van der Waals surface area (Å²) in [6.07, 6.45) is 0.451. The van der Waals surface area contributed by atoms with E-state index in [9.17, 15) is 0 Å². The van der Waals surface area contributed by atoms with Gasteiger partial charge in [0.2, 0.25) is 0 Å². The lowest BCUT2D eigenvalue weighted by molar-refractivity contribution is 0.0489. The smallest absolute Gasteiger partial charge is 0.123 e. The fourth-order valence-electron chi connectivity index (χ4n) is 3.23. The van der Waals surface area contributed by atoms with Gasteiger partial charge in [-0.3, -0.25) is 0 Å². The van der Waals surface area contributed by atoms with Gasteiger partial charge in [-0.25, -0.2) is 0 Å². The number of hydrogen-bond donors (Lipinski definition) is 1. The maximum absolute atomic E-state index is 6.53. The molecule has 5 unspecified atom stereocenters. The predicted molar refractivity (Wildman–Crippen MR) is 77.3 cm³/mol. The second-order valence-corrected chi connectivity index (χ2v) is 5.75. The first-order valence-electron chi connectivity index (χ1n) is 7.01. The minimum absolute atomic E-state index is 0.0511. The Kier molecular flexibility index (Phi) is 4.16. The minimum atomic E-state index is -0.0511. The molecule has 1 aliphatic heterocycles. The average molecular weight is 263 g/mol. The largest absolute Gasteiger partial charge is 0.496 e. The Balaban J connectivity index is 2.33. The molecule has 2 N–H and O–H groups in total. The molecule has 1 fully saturated rings. The molecule has 0 spiro atoms. The summed E-state index contributed by atoms with van der Waals surface area (Å²) in [6.45, 7) is 8.55. The summed E-state index contributed by atoms with van der Waals surface area (Å²) in [6, 6.07) is 6.13. The lowest BCUT2D eigenvalue weighted by Crippen LogP contribution is -2.31. The van der Waals surface area contributed by atoms with Gasteiger partial charge in [-0.1, -0.05) is 24.6 Å². The van der Waals surface area contributed by atoms with Crippen molar-refractivity contribution in [2.75, 3.05) is 7.11 Å². The molecule has 0 radical (unpaired) electrons. The predicted octanol–water partition coefficient (Wildman–Crippen LogP) is 3.06. The molecular formula is C16H25NO2. The molecule has 0 saturated carbocycles.